The molecule has 0 fully saturated rings. The largest absolute Gasteiger partial charge is 0.508 e. The van der Waals surface area contributed by atoms with Crippen LogP contribution in [0.1, 0.15) is 49.3 Å². The van der Waals surface area contributed by atoms with E-state index in [1.165, 1.54) is 6.07 Å². The normalized spacial score (nSPS) is 10.9. The molecule has 0 unspecified atom stereocenters. The van der Waals surface area contributed by atoms with E-state index in [1.807, 2.05) is 6.92 Å². The van der Waals surface area contributed by atoms with Crippen LogP contribution in [0.5, 0.6) is 5.75 Å². The summed E-state index contributed by atoms with van der Waals surface area (Å²) in [5.41, 5.74) is 1.54. The number of aromatic amines is 1. The first-order chi connectivity index (χ1) is 9.65. The lowest BCUT2D eigenvalue weighted by Gasteiger charge is -2.05. The van der Waals surface area contributed by atoms with Gasteiger partial charge in [0.05, 0.1) is 17.7 Å². The Kier molecular flexibility index (Phi) is 4.61. The molecule has 1 aromatic carbocycles. The summed E-state index contributed by atoms with van der Waals surface area (Å²) < 4.78 is 5.20. The van der Waals surface area contributed by atoms with Gasteiger partial charge in [0.2, 0.25) is 0 Å². The van der Waals surface area contributed by atoms with Crippen LogP contribution in [-0.4, -0.2) is 27.7 Å². The van der Waals surface area contributed by atoms with Gasteiger partial charge >= 0.3 is 5.97 Å². The Morgan fingerprint density at radius 3 is 2.85 bits per heavy atom. The number of unbranched alkanes of at least 4 members (excludes halogenated alkanes) is 1. The summed E-state index contributed by atoms with van der Waals surface area (Å²) in [6.07, 6.45) is 3.56. The molecular weight excluding hydrogens is 256 g/mol. The third kappa shape index (κ3) is 3.10. The lowest BCUT2D eigenvalue weighted by Crippen LogP contribution is -2.07. The maximum absolute atomic E-state index is 12.1. The van der Waals surface area contributed by atoms with Crippen LogP contribution >= 0.6 is 0 Å². The molecule has 0 aliphatic rings. The topological polar surface area (TPSA) is 75.2 Å². The van der Waals surface area contributed by atoms with Crippen molar-refractivity contribution < 1.29 is 14.6 Å². The number of aromatic nitrogens is 2. The number of hydrogen-bond acceptors (Lipinski definition) is 4. The van der Waals surface area contributed by atoms with Crippen LogP contribution in [0.4, 0.5) is 0 Å². The molecule has 2 rings (SSSR count). The molecule has 1 aromatic heterocycles. The number of benzene rings is 1. The van der Waals surface area contributed by atoms with Crippen molar-refractivity contribution in [1.82, 2.24) is 9.97 Å². The number of esters is 1. The first-order valence-corrected chi connectivity index (χ1v) is 7.04. The molecule has 0 saturated heterocycles. The lowest BCUT2D eigenvalue weighted by atomic mass is 10.1. The third-order valence-electron chi connectivity index (χ3n) is 3.06. The van der Waals surface area contributed by atoms with Gasteiger partial charge < -0.3 is 14.8 Å². The van der Waals surface area contributed by atoms with Crippen molar-refractivity contribution in [2.75, 3.05) is 6.61 Å². The smallest absolute Gasteiger partial charge is 0.340 e. The Morgan fingerprint density at radius 2 is 2.15 bits per heavy atom. The Hall–Kier alpha value is -2.04. The fraction of sp³-hybridized carbons (Fsp3) is 0.467. The van der Waals surface area contributed by atoms with Crippen molar-refractivity contribution >= 4 is 17.0 Å². The molecule has 1 heterocycles. The van der Waals surface area contributed by atoms with Gasteiger partial charge in [0.25, 0.3) is 0 Å². The fourth-order valence-electron chi connectivity index (χ4n) is 2.05. The molecule has 5 heteroatoms. The van der Waals surface area contributed by atoms with Gasteiger partial charge in [0.15, 0.2) is 0 Å². The molecule has 2 N–H and O–H groups in total. The minimum atomic E-state index is -0.436. The number of nitrogens with zero attached hydrogens (tertiary/aromatic N) is 1. The molecule has 0 amide bonds. The van der Waals surface area contributed by atoms with Gasteiger partial charge in [-0.1, -0.05) is 20.3 Å². The molecule has 0 atom stereocenters. The van der Waals surface area contributed by atoms with E-state index in [0.29, 0.717) is 23.2 Å². The first-order valence-electron chi connectivity index (χ1n) is 7.04. The Morgan fingerprint density at radius 1 is 1.35 bits per heavy atom. The van der Waals surface area contributed by atoms with E-state index in [1.54, 1.807) is 6.07 Å². The van der Waals surface area contributed by atoms with Gasteiger partial charge in [0.1, 0.15) is 17.1 Å². The summed E-state index contributed by atoms with van der Waals surface area (Å²) in [6.45, 7) is 4.48. The van der Waals surface area contributed by atoms with E-state index in [4.69, 9.17) is 4.74 Å². The number of rotatable bonds is 6. The molecule has 0 radical (unpaired) electrons. The van der Waals surface area contributed by atoms with E-state index < -0.39 is 5.97 Å². The molecule has 2 aromatic rings. The van der Waals surface area contributed by atoms with Gasteiger partial charge in [0, 0.05) is 12.5 Å². The average Bonchev–Trinajstić information content (AvgIpc) is 2.80. The van der Waals surface area contributed by atoms with E-state index in [9.17, 15) is 9.90 Å². The van der Waals surface area contributed by atoms with E-state index in [2.05, 4.69) is 16.9 Å². The van der Waals surface area contributed by atoms with Crippen LogP contribution in [0, 0.1) is 0 Å². The summed E-state index contributed by atoms with van der Waals surface area (Å²) in [5.74, 6) is 0.413. The van der Waals surface area contributed by atoms with Crippen molar-refractivity contribution in [2.24, 2.45) is 0 Å². The van der Waals surface area contributed by atoms with Gasteiger partial charge in [-0.05, 0) is 18.9 Å². The Bertz CT molecular complexity index is 604. The third-order valence-corrected chi connectivity index (χ3v) is 3.06. The number of phenolic OH excluding ortho intramolecular Hbond substituents is 1. The second kappa shape index (κ2) is 6.41. The molecule has 108 valence electrons. The van der Waals surface area contributed by atoms with Gasteiger partial charge in [-0.3, -0.25) is 0 Å². The van der Waals surface area contributed by atoms with Crippen LogP contribution in [0.3, 0.4) is 0 Å². The average molecular weight is 276 g/mol. The number of hydrogen-bond donors (Lipinski definition) is 2. The van der Waals surface area contributed by atoms with Gasteiger partial charge in [-0.25, -0.2) is 9.78 Å². The zero-order valence-corrected chi connectivity index (χ0v) is 11.9. The highest BCUT2D eigenvalue weighted by Gasteiger charge is 2.16. The summed E-state index contributed by atoms with van der Waals surface area (Å²) in [7, 11) is 0. The molecule has 20 heavy (non-hydrogen) atoms. The minimum absolute atomic E-state index is 0.0339. The van der Waals surface area contributed by atoms with Crippen molar-refractivity contribution in [3.05, 3.63) is 23.5 Å². The summed E-state index contributed by atoms with van der Waals surface area (Å²) in [5, 5.41) is 9.72. The number of aromatic hydroxyl groups is 1. The summed E-state index contributed by atoms with van der Waals surface area (Å²) >= 11 is 0. The quantitative estimate of drug-likeness (QED) is 0.627. The highest BCUT2D eigenvalue weighted by molar-refractivity contribution is 6.02. The highest BCUT2D eigenvalue weighted by Crippen LogP contribution is 2.24. The predicted molar refractivity (Wildman–Crippen MR) is 76.9 cm³/mol. The molecule has 5 nitrogen and oxygen atoms in total. The molecule has 0 spiro atoms. The first kappa shape index (κ1) is 14.4. The zero-order valence-electron chi connectivity index (χ0n) is 11.9. The van der Waals surface area contributed by atoms with Crippen molar-refractivity contribution in [3.8, 4) is 5.75 Å². The number of nitrogens with one attached hydrogen (secondary N) is 1. The number of H-pyrrole nitrogens is 1. The summed E-state index contributed by atoms with van der Waals surface area (Å²) in [4.78, 5) is 19.6. The van der Waals surface area contributed by atoms with E-state index >= 15 is 0 Å². The number of phenols is 1. The highest BCUT2D eigenvalue weighted by atomic mass is 16.5. The molecular formula is C15H20N2O3. The monoisotopic (exact) mass is 276 g/mol. The van der Waals surface area contributed by atoms with Crippen LogP contribution in [0.25, 0.3) is 11.0 Å². The van der Waals surface area contributed by atoms with Crippen molar-refractivity contribution in [1.29, 1.82) is 0 Å². The maximum atomic E-state index is 12.1. The van der Waals surface area contributed by atoms with Crippen molar-refractivity contribution in [2.45, 2.75) is 39.5 Å². The zero-order chi connectivity index (χ0) is 14.5. The van der Waals surface area contributed by atoms with E-state index in [-0.39, 0.29) is 5.75 Å². The summed E-state index contributed by atoms with van der Waals surface area (Å²) in [6, 6.07) is 2.98. The number of aryl methyl sites for hydroxylation is 1. The Balaban J connectivity index is 2.33. The second-order valence-electron chi connectivity index (χ2n) is 4.81. The van der Waals surface area contributed by atoms with Gasteiger partial charge in [-0.15, -0.1) is 0 Å². The number of ether oxygens (including phenoxy) is 1. The molecule has 0 bridgehead atoms. The standard InChI is InChI=1S/C15H20N2O3/c1-3-5-7-20-15(19)11-8-10(18)9-12-14(11)17-13(16-12)6-4-2/h8-9,18H,3-7H2,1-2H3,(H,16,17). The fourth-order valence-corrected chi connectivity index (χ4v) is 2.05. The minimum Gasteiger partial charge on any atom is -0.508 e. The van der Waals surface area contributed by atoms with Crippen LogP contribution in [-0.2, 0) is 11.2 Å². The second-order valence-corrected chi connectivity index (χ2v) is 4.81. The Labute approximate surface area is 118 Å². The number of carbonyl (C=O) groups excluding carboxylic acids is 1. The maximum Gasteiger partial charge on any atom is 0.340 e. The number of imidazole rings is 1. The molecule has 0 aliphatic heterocycles. The van der Waals surface area contributed by atoms with Crippen LogP contribution < -0.4 is 0 Å². The predicted octanol–water partition coefficient (Wildman–Crippen LogP) is 3.18. The van der Waals surface area contributed by atoms with Crippen LogP contribution in [0.15, 0.2) is 12.1 Å². The van der Waals surface area contributed by atoms with E-state index in [0.717, 1.165) is 31.5 Å². The molecule has 0 aliphatic carbocycles. The number of fused-ring (bicyclic) bond motifs is 1. The van der Waals surface area contributed by atoms with Crippen LogP contribution in [0.2, 0.25) is 0 Å². The number of carbonyl (C=O) groups is 1. The lowest BCUT2D eigenvalue weighted by molar-refractivity contribution is 0.0501. The SMILES string of the molecule is CCCCOC(=O)c1cc(O)cc2[nH]c(CCC)nc12. The van der Waals surface area contributed by atoms with Gasteiger partial charge in [-0.2, -0.15) is 0 Å². The van der Waals surface area contributed by atoms with Crippen molar-refractivity contribution in [3.63, 3.8) is 0 Å². The molecule has 0 saturated carbocycles.